The average molecular weight is 326 g/mol. The van der Waals surface area contributed by atoms with Crippen molar-refractivity contribution < 1.29 is 19.1 Å². The molecule has 126 valence electrons. The second-order valence-electron chi connectivity index (χ2n) is 7.46. The molecule has 1 fully saturated rings. The van der Waals surface area contributed by atoms with E-state index in [1.54, 1.807) is 19.2 Å². The first-order valence-electron chi connectivity index (χ1n) is 8.36. The number of rotatable bonds is 2. The van der Waals surface area contributed by atoms with Crippen LogP contribution in [0.15, 0.2) is 18.2 Å². The molecular formula is C19H23BO4. The summed E-state index contributed by atoms with van der Waals surface area (Å²) in [5.41, 5.74) is 0.459. The molecule has 0 amide bonds. The maximum atomic E-state index is 12.9. The van der Waals surface area contributed by atoms with Crippen molar-refractivity contribution in [2.24, 2.45) is 11.3 Å². The fraction of sp³-hybridized carbons (Fsp3) is 0.579. The van der Waals surface area contributed by atoms with Gasteiger partial charge in [0.2, 0.25) is 0 Å². The van der Waals surface area contributed by atoms with Crippen molar-refractivity contribution in [3.63, 3.8) is 0 Å². The number of carbonyl (C=O) groups is 2. The molecule has 4 atom stereocenters. The van der Waals surface area contributed by atoms with Gasteiger partial charge in [0.05, 0.1) is 27.5 Å². The number of Topliss-reactive ketones (excluding diaryl/α,β-unsaturated/α-hetero) is 1. The summed E-state index contributed by atoms with van der Waals surface area (Å²) in [7, 11) is 9.39. The van der Waals surface area contributed by atoms with Gasteiger partial charge in [-0.2, -0.15) is 0 Å². The van der Waals surface area contributed by atoms with Crippen LogP contribution in [0, 0.1) is 11.3 Å². The van der Waals surface area contributed by atoms with Gasteiger partial charge in [0.25, 0.3) is 0 Å². The zero-order valence-corrected chi connectivity index (χ0v) is 14.7. The molecule has 2 aliphatic rings. The number of ether oxygens (including phenoxy) is 2. The lowest BCUT2D eigenvalue weighted by molar-refractivity contribution is -0.160. The molecule has 0 saturated heterocycles. The molecule has 1 aromatic carbocycles. The molecule has 4 nitrogen and oxygen atoms in total. The van der Waals surface area contributed by atoms with Crippen molar-refractivity contribution in [2.45, 2.75) is 44.3 Å². The van der Waals surface area contributed by atoms with E-state index in [9.17, 15) is 9.59 Å². The van der Waals surface area contributed by atoms with E-state index in [1.165, 1.54) is 7.11 Å². The van der Waals surface area contributed by atoms with Crippen molar-refractivity contribution in [3.05, 3.63) is 29.3 Å². The Hall–Kier alpha value is -1.78. The minimum atomic E-state index is -0.766. The second-order valence-corrected chi connectivity index (χ2v) is 7.46. The quantitative estimate of drug-likeness (QED) is 0.619. The largest absolute Gasteiger partial charge is 0.497 e. The van der Waals surface area contributed by atoms with E-state index in [2.05, 4.69) is 6.92 Å². The van der Waals surface area contributed by atoms with Crippen LogP contribution in [0.1, 0.15) is 49.0 Å². The Morgan fingerprint density at radius 1 is 1.25 bits per heavy atom. The lowest BCUT2D eigenvalue weighted by Gasteiger charge is -2.56. The second kappa shape index (κ2) is 5.64. The van der Waals surface area contributed by atoms with Crippen LogP contribution in [0.4, 0.5) is 0 Å². The molecule has 3 rings (SSSR count). The van der Waals surface area contributed by atoms with Gasteiger partial charge >= 0.3 is 5.97 Å². The fourth-order valence-corrected chi connectivity index (χ4v) is 5.06. The van der Waals surface area contributed by atoms with E-state index in [-0.39, 0.29) is 23.1 Å². The molecule has 5 heteroatoms. The molecule has 1 saturated carbocycles. The Balaban J connectivity index is 2.23. The lowest BCUT2D eigenvalue weighted by Crippen LogP contribution is -2.56. The zero-order valence-electron chi connectivity index (χ0n) is 14.7. The van der Waals surface area contributed by atoms with Gasteiger partial charge in [-0.25, -0.2) is 0 Å². The first kappa shape index (κ1) is 17.1. The minimum Gasteiger partial charge on any atom is -0.497 e. The van der Waals surface area contributed by atoms with Gasteiger partial charge in [-0.3, -0.25) is 9.59 Å². The van der Waals surface area contributed by atoms with Gasteiger partial charge in [-0.15, -0.1) is 0 Å². The van der Waals surface area contributed by atoms with Crippen molar-refractivity contribution in [3.8, 4) is 5.75 Å². The van der Waals surface area contributed by atoms with Crippen LogP contribution >= 0.6 is 0 Å². The monoisotopic (exact) mass is 326 g/mol. The van der Waals surface area contributed by atoms with Crippen molar-refractivity contribution in [2.75, 3.05) is 14.2 Å². The lowest BCUT2D eigenvalue weighted by atomic mass is 9.43. The number of hydrogen-bond donors (Lipinski definition) is 0. The Bertz CT molecular complexity index is 701. The summed E-state index contributed by atoms with van der Waals surface area (Å²) in [4.78, 5) is 25.5. The van der Waals surface area contributed by atoms with E-state index >= 15 is 0 Å². The van der Waals surface area contributed by atoms with E-state index in [1.807, 2.05) is 13.0 Å². The van der Waals surface area contributed by atoms with Gasteiger partial charge in [-0.05, 0) is 60.7 Å². The summed E-state index contributed by atoms with van der Waals surface area (Å²) in [5, 5.41) is 0. The number of esters is 1. The van der Waals surface area contributed by atoms with Crippen molar-refractivity contribution in [1.82, 2.24) is 0 Å². The maximum absolute atomic E-state index is 12.9. The average Bonchev–Trinajstić information content (AvgIpc) is 2.58. The molecular weight excluding hydrogens is 303 g/mol. The summed E-state index contributed by atoms with van der Waals surface area (Å²) >= 11 is 0. The summed E-state index contributed by atoms with van der Waals surface area (Å²) < 4.78 is 10.4. The molecule has 1 unspecified atom stereocenters. The fourth-order valence-electron chi connectivity index (χ4n) is 5.06. The summed E-state index contributed by atoms with van der Waals surface area (Å²) in [6.07, 6.45) is 2.45. The van der Waals surface area contributed by atoms with Gasteiger partial charge in [0.15, 0.2) is 5.78 Å². The van der Waals surface area contributed by atoms with Gasteiger partial charge in [-0.1, -0.05) is 13.3 Å². The molecule has 0 N–H and O–H groups in total. The van der Waals surface area contributed by atoms with Crippen LogP contribution in [0.2, 0.25) is 5.82 Å². The van der Waals surface area contributed by atoms with E-state index in [4.69, 9.17) is 17.3 Å². The molecule has 0 bridgehead atoms. The van der Waals surface area contributed by atoms with Crippen LogP contribution in [-0.2, 0) is 14.9 Å². The molecule has 2 radical (unpaired) electrons. The smallest absolute Gasteiger partial charge is 0.311 e. The number of fused-ring (bicyclic) bond motifs is 3. The highest BCUT2D eigenvalue weighted by atomic mass is 16.5. The Labute approximate surface area is 144 Å². The number of carbonyl (C=O) groups excluding carboxylic acids is 2. The third-order valence-electron chi connectivity index (χ3n) is 6.19. The number of benzene rings is 1. The summed E-state index contributed by atoms with van der Waals surface area (Å²) in [6.45, 7) is 4.00. The molecule has 0 heterocycles. The SMILES string of the molecule is [B][C@H]1C(=O)c2ccc(OC)cc2[C@@]2(C)CCC[C@](C)(C(=O)OC)C12. The molecule has 0 aliphatic heterocycles. The predicted octanol–water partition coefficient (Wildman–Crippen LogP) is 3.09. The van der Waals surface area contributed by atoms with E-state index in [0.29, 0.717) is 17.7 Å². The zero-order chi connectivity index (χ0) is 17.7. The van der Waals surface area contributed by atoms with Gasteiger partial charge < -0.3 is 9.47 Å². The number of hydrogen-bond acceptors (Lipinski definition) is 4. The van der Waals surface area contributed by atoms with Gasteiger partial charge in [0.1, 0.15) is 5.75 Å². The van der Waals surface area contributed by atoms with Gasteiger partial charge in [0, 0.05) is 5.56 Å². The van der Waals surface area contributed by atoms with Crippen molar-refractivity contribution in [1.29, 1.82) is 0 Å². The first-order valence-corrected chi connectivity index (χ1v) is 8.36. The first-order chi connectivity index (χ1) is 11.3. The van der Waals surface area contributed by atoms with Crippen LogP contribution in [0.3, 0.4) is 0 Å². The third kappa shape index (κ3) is 2.13. The molecule has 24 heavy (non-hydrogen) atoms. The Kier molecular flexibility index (Phi) is 4.01. The highest BCUT2D eigenvalue weighted by molar-refractivity contribution is 6.29. The Morgan fingerprint density at radius 3 is 2.58 bits per heavy atom. The van der Waals surface area contributed by atoms with Crippen LogP contribution in [-0.4, -0.2) is 33.8 Å². The molecule has 1 aromatic rings. The summed E-state index contributed by atoms with van der Waals surface area (Å²) in [6, 6.07) is 5.51. The summed E-state index contributed by atoms with van der Waals surface area (Å²) in [5.74, 6) is -0.680. The standard InChI is InChI=1S/C19H23BO4/c1-18-8-5-9-19(2,17(22)24-4)16(18)14(20)15(21)12-7-6-11(23-3)10-13(12)18/h6-7,10,14,16H,5,8-9H2,1-4H3/t14-,16?,18+,19-/m0/s1. The van der Waals surface area contributed by atoms with Crippen molar-refractivity contribution >= 4 is 19.6 Å². The number of ketones is 1. The highest BCUT2D eigenvalue weighted by Gasteiger charge is 2.59. The minimum absolute atomic E-state index is 0.104. The highest BCUT2D eigenvalue weighted by Crippen LogP contribution is 2.60. The topological polar surface area (TPSA) is 52.6 Å². The normalized spacial score (nSPS) is 34.9. The predicted molar refractivity (Wildman–Crippen MR) is 91.6 cm³/mol. The van der Waals surface area contributed by atoms with Crippen LogP contribution in [0.25, 0.3) is 0 Å². The molecule has 0 aromatic heterocycles. The molecule has 0 spiro atoms. The van der Waals surface area contributed by atoms with E-state index in [0.717, 1.165) is 18.4 Å². The third-order valence-corrected chi connectivity index (χ3v) is 6.19. The maximum Gasteiger partial charge on any atom is 0.311 e. The van der Waals surface area contributed by atoms with Crippen LogP contribution in [0.5, 0.6) is 5.75 Å². The molecule has 2 aliphatic carbocycles. The van der Waals surface area contributed by atoms with Crippen LogP contribution < -0.4 is 4.74 Å². The number of methoxy groups -OCH3 is 2. The Morgan fingerprint density at radius 2 is 1.96 bits per heavy atom. The van der Waals surface area contributed by atoms with E-state index < -0.39 is 11.2 Å².